The van der Waals surface area contributed by atoms with Gasteiger partial charge in [0.1, 0.15) is 5.60 Å². The first-order valence-electron chi connectivity index (χ1n) is 11.1. The van der Waals surface area contributed by atoms with Gasteiger partial charge in [-0.2, -0.15) is 0 Å². The molecule has 1 rings (SSSR count). The summed E-state index contributed by atoms with van der Waals surface area (Å²) in [5, 5.41) is 6.40. The Morgan fingerprint density at radius 1 is 1.19 bits per heavy atom. The minimum absolute atomic E-state index is 0.163. The van der Waals surface area contributed by atoms with E-state index < -0.39 is 41.7 Å². The quantitative estimate of drug-likeness (QED) is 0.337. The van der Waals surface area contributed by atoms with Gasteiger partial charge < -0.3 is 0 Å². The van der Waals surface area contributed by atoms with Gasteiger partial charge in [-0.3, -0.25) is 0 Å². The summed E-state index contributed by atoms with van der Waals surface area (Å²) in [7, 11) is 1.29. The number of hydrogen-bond donors (Lipinski definition) is 2. The van der Waals surface area contributed by atoms with Gasteiger partial charge in [-0.15, -0.1) is 0 Å². The van der Waals surface area contributed by atoms with Crippen LogP contribution in [-0.4, -0.2) is 81.1 Å². The van der Waals surface area contributed by atoms with Crippen molar-refractivity contribution < 1.29 is 28.7 Å². The van der Waals surface area contributed by atoms with Crippen molar-refractivity contribution in [2.45, 2.75) is 95.2 Å². The minimum atomic E-state index is -0.826. The van der Waals surface area contributed by atoms with Crippen LogP contribution in [0, 0.1) is 5.92 Å². The number of nitrogens with zero attached hydrogens (tertiary/aromatic N) is 1. The topological polar surface area (TPSA) is 114 Å². The second-order valence-electron chi connectivity index (χ2n) is 9.07. The molecule has 0 bridgehead atoms. The van der Waals surface area contributed by atoms with E-state index in [1.54, 1.807) is 20.8 Å². The van der Waals surface area contributed by atoms with Gasteiger partial charge in [0.15, 0.2) is 0 Å². The van der Waals surface area contributed by atoms with Crippen LogP contribution in [0.25, 0.3) is 0 Å². The van der Waals surface area contributed by atoms with Crippen LogP contribution < -0.4 is 10.6 Å². The van der Waals surface area contributed by atoms with E-state index in [9.17, 15) is 19.2 Å². The predicted molar refractivity (Wildman–Crippen MR) is 122 cm³/mol. The second-order valence-corrected chi connectivity index (χ2v) is 11.1. The summed E-state index contributed by atoms with van der Waals surface area (Å²) in [5.41, 5.74) is -0.664. The normalized spacial score (nSPS) is 19.0. The third-order valence-corrected chi connectivity index (χ3v) is 6.74. The number of esters is 1. The van der Waals surface area contributed by atoms with Gasteiger partial charge in [-0.1, -0.05) is 0 Å². The number of likely N-dealkylation sites (tertiary alicyclic amines) is 1. The van der Waals surface area contributed by atoms with Crippen LogP contribution in [0.1, 0.15) is 60.3 Å². The molecule has 32 heavy (non-hydrogen) atoms. The van der Waals surface area contributed by atoms with E-state index in [2.05, 4.69) is 16.5 Å². The molecule has 1 heterocycles. The SMILES string of the molecule is CC[C@H](C)[C@H](NC(=O)[C@@H]1CCCN1C(=O)OC(C)(C)C)C(=O)N[C@@H](CC[Se]C)C(=O)OC. The second kappa shape index (κ2) is 13.0. The molecular formula is C22H39N3O6Se. The fourth-order valence-corrected chi connectivity index (χ4v) is 4.41. The summed E-state index contributed by atoms with van der Waals surface area (Å²) in [6.45, 7) is 9.55. The maximum absolute atomic E-state index is 13.1. The van der Waals surface area contributed by atoms with Crippen molar-refractivity contribution in [1.29, 1.82) is 0 Å². The average molecular weight is 521 g/mol. The van der Waals surface area contributed by atoms with Gasteiger partial charge in [0.25, 0.3) is 0 Å². The zero-order chi connectivity index (χ0) is 24.5. The summed E-state index contributed by atoms with van der Waals surface area (Å²) in [5.74, 6) is 0.588. The number of carbonyl (C=O) groups is 4. The van der Waals surface area contributed by atoms with Crippen LogP contribution >= 0.6 is 0 Å². The number of nitrogens with one attached hydrogen (secondary N) is 2. The summed E-state index contributed by atoms with van der Waals surface area (Å²) >= 11 is 0.356. The molecule has 10 heteroatoms. The molecule has 1 fully saturated rings. The molecule has 4 atom stereocenters. The fraction of sp³-hybridized carbons (Fsp3) is 0.818. The third kappa shape index (κ3) is 8.62. The Labute approximate surface area is 197 Å². The summed E-state index contributed by atoms with van der Waals surface area (Å²) < 4.78 is 10.3. The van der Waals surface area contributed by atoms with Crippen molar-refractivity contribution in [3.8, 4) is 0 Å². The number of ether oxygens (including phenoxy) is 2. The standard InChI is InChI=1S/C22H39N3O6Se/c1-8-14(2)17(19(27)23-15(11-13-32-7)20(28)30-6)24-18(26)16-10-9-12-25(16)21(29)31-22(3,4)5/h14-17H,8-13H2,1-7H3,(H,23,27)(H,24,26)/t14-,15-,16-,17-/m0/s1. The van der Waals surface area contributed by atoms with Crippen LogP contribution in [-0.2, 0) is 23.9 Å². The monoisotopic (exact) mass is 521 g/mol. The zero-order valence-electron chi connectivity index (χ0n) is 20.4. The Bertz CT molecular complexity index is 667. The van der Waals surface area contributed by atoms with E-state index in [0.717, 1.165) is 5.32 Å². The van der Waals surface area contributed by atoms with Crippen LogP contribution in [0.15, 0.2) is 0 Å². The number of methoxy groups -OCH3 is 1. The van der Waals surface area contributed by atoms with E-state index in [0.29, 0.717) is 47.2 Å². The van der Waals surface area contributed by atoms with E-state index in [4.69, 9.17) is 9.47 Å². The molecule has 1 saturated heterocycles. The first kappa shape index (κ1) is 28.2. The molecular weight excluding hydrogens is 481 g/mol. The van der Waals surface area contributed by atoms with E-state index >= 15 is 0 Å². The first-order chi connectivity index (χ1) is 14.9. The Kier molecular flexibility index (Phi) is 11.5. The number of hydrogen-bond acceptors (Lipinski definition) is 6. The molecule has 3 amide bonds. The number of rotatable bonds is 10. The van der Waals surface area contributed by atoms with Gasteiger partial charge in [0, 0.05) is 0 Å². The molecule has 0 unspecified atom stereocenters. The molecule has 0 aliphatic carbocycles. The third-order valence-electron chi connectivity index (χ3n) is 5.39. The van der Waals surface area contributed by atoms with E-state index in [-0.39, 0.29) is 11.8 Å². The van der Waals surface area contributed by atoms with E-state index in [1.807, 2.05) is 13.8 Å². The molecule has 184 valence electrons. The van der Waals surface area contributed by atoms with E-state index in [1.165, 1.54) is 12.0 Å². The van der Waals surface area contributed by atoms with Crippen molar-refractivity contribution in [3.05, 3.63) is 0 Å². The average Bonchev–Trinajstić information content (AvgIpc) is 3.22. The van der Waals surface area contributed by atoms with Gasteiger partial charge in [0.2, 0.25) is 0 Å². The van der Waals surface area contributed by atoms with Crippen molar-refractivity contribution in [2.75, 3.05) is 13.7 Å². The molecule has 0 saturated carbocycles. The van der Waals surface area contributed by atoms with Gasteiger partial charge in [0.05, 0.1) is 0 Å². The molecule has 1 aliphatic rings. The van der Waals surface area contributed by atoms with Crippen LogP contribution in [0.5, 0.6) is 0 Å². The van der Waals surface area contributed by atoms with Gasteiger partial charge in [-0.25, -0.2) is 0 Å². The molecule has 0 spiro atoms. The molecule has 9 nitrogen and oxygen atoms in total. The van der Waals surface area contributed by atoms with Crippen molar-refractivity contribution >= 4 is 38.8 Å². The van der Waals surface area contributed by atoms with Gasteiger partial charge in [-0.05, 0) is 20.8 Å². The number of amides is 3. The van der Waals surface area contributed by atoms with Crippen LogP contribution in [0.4, 0.5) is 4.79 Å². The Morgan fingerprint density at radius 2 is 1.84 bits per heavy atom. The molecule has 0 radical (unpaired) electrons. The van der Waals surface area contributed by atoms with Crippen molar-refractivity contribution in [1.82, 2.24) is 15.5 Å². The number of carbonyl (C=O) groups excluding carboxylic acids is 4. The van der Waals surface area contributed by atoms with Crippen LogP contribution in [0.3, 0.4) is 0 Å². The Morgan fingerprint density at radius 3 is 2.38 bits per heavy atom. The predicted octanol–water partition coefficient (Wildman–Crippen LogP) is 2.14. The zero-order valence-corrected chi connectivity index (χ0v) is 22.1. The maximum atomic E-state index is 13.1. The Balaban J connectivity index is 2.93. The Hall–Kier alpha value is -1.80. The summed E-state index contributed by atoms with van der Waals surface area (Å²) in [6, 6.07) is -2.26. The molecule has 0 aromatic rings. The van der Waals surface area contributed by atoms with Gasteiger partial charge >= 0.3 is 171 Å². The first-order valence-corrected chi connectivity index (χ1v) is 14.0. The summed E-state index contributed by atoms with van der Waals surface area (Å²) in [6.07, 6.45) is 1.79. The summed E-state index contributed by atoms with van der Waals surface area (Å²) in [4.78, 5) is 52.2. The molecule has 2 N–H and O–H groups in total. The van der Waals surface area contributed by atoms with Crippen molar-refractivity contribution in [3.63, 3.8) is 0 Å². The van der Waals surface area contributed by atoms with Crippen molar-refractivity contribution in [2.24, 2.45) is 5.92 Å². The molecule has 0 aromatic carbocycles. The molecule has 1 aliphatic heterocycles. The fourth-order valence-electron chi connectivity index (χ4n) is 3.42. The molecule has 0 aromatic heterocycles. The van der Waals surface area contributed by atoms with Crippen LogP contribution in [0.2, 0.25) is 11.1 Å².